The number of carbonyl (C=O) groups is 1. The van der Waals surface area contributed by atoms with Crippen LogP contribution in [-0.2, 0) is 47.5 Å². The quantitative estimate of drug-likeness (QED) is 0.0778. The number of aliphatic hydroxyl groups is 5. The number of likely N-dealkylation sites (N-methyl/N-ethyl adjacent to an activating group) is 1. The Morgan fingerprint density at radius 3 is 2.14 bits per heavy atom. The van der Waals surface area contributed by atoms with E-state index in [4.69, 9.17) is 42.7 Å². The van der Waals surface area contributed by atoms with Crippen LogP contribution in [-0.4, -0.2) is 175 Å². The number of methoxy groups -OCH3 is 2. The number of oxime groups is 1. The molecule has 0 aromatic carbocycles. The largest absolute Gasteiger partial charge is 0.459 e. The summed E-state index contributed by atoms with van der Waals surface area (Å²) in [5.41, 5.74) is -4.49. The minimum Gasteiger partial charge on any atom is -0.459 e. The second-order valence-electron chi connectivity index (χ2n) is 17.7. The number of cyclic esters (lactones) is 1. The van der Waals surface area contributed by atoms with Crippen molar-refractivity contribution in [2.75, 3.05) is 48.3 Å². The van der Waals surface area contributed by atoms with Gasteiger partial charge in [0, 0.05) is 44.4 Å². The molecule has 5 N–H and O–H groups in total. The molecule has 18 atom stereocenters. The molecule has 0 aromatic heterocycles. The first kappa shape index (κ1) is 50.8. The molecule has 0 radical (unpaired) electrons. The Bertz CT molecular complexity index is 1300. The first-order valence-corrected chi connectivity index (χ1v) is 20.8. The van der Waals surface area contributed by atoms with E-state index in [0.29, 0.717) is 18.7 Å². The van der Waals surface area contributed by atoms with E-state index in [2.05, 4.69) is 5.16 Å². The van der Waals surface area contributed by atoms with Gasteiger partial charge < -0.3 is 73.2 Å². The second-order valence-corrected chi connectivity index (χ2v) is 17.7. The predicted octanol–water partition coefficient (Wildman–Crippen LogP) is 2.21. The zero-order chi connectivity index (χ0) is 43.9. The molecule has 3 saturated heterocycles. The number of carbonyl (C=O) groups excluding carboxylic acids is 1. The van der Waals surface area contributed by atoms with Gasteiger partial charge in [0.2, 0.25) is 6.79 Å². The third kappa shape index (κ3) is 12.1. The average molecular weight is 837 g/mol. The fourth-order valence-electron chi connectivity index (χ4n) is 8.93. The topological polar surface area (TPSA) is 217 Å². The highest BCUT2D eigenvalue weighted by Crippen LogP contribution is 2.41. The number of ether oxygens (including phenoxy) is 8. The van der Waals surface area contributed by atoms with Crippen molar-refractivity contribution in [3.8, 4) is 0 Å². The zero-order valence-electron chi connectivity index (χ0n) is 37.3. The summed E-state index contributed by atoms with van der Waals surface area (Å²) in [7, 11) is 6.76. The fourth-order valence-corrected chi connectivity index (χ4v) is 8.93. The van der Waals surface area contributed by atoms with E-state index >= 15 is 0 Å². The molecule has 3 fully saturated rings. The lowest BCUT2D eigenvalue weighted by atomic mass is 9.73. The number of hydrogen-bond acceptors (Lipinski definition) is 17. The van der Waals surface area contributed by atoms with Crippen molar-refractivity contribution in [3.63, 3.8) is 0 Å². The summed E-state index contributed by atoms with van der Waals surface area (Å²) < 4.78 is 48.1. The molecule has 17 nitrogen and oxygen atoms in total. The molecule has 0 spiro atoms. The highest BCUT2D eigenvalue weighted by Gasteiger charge is 2.53. The monoisotopic (exact) mass is 837 g/mol. The third-order valence-corrected chi connectivity index (χ3v) is 12.6. The summed E-state index contributed by atoms with van der Waals surface area (Å²) >= 11 is 0. The Hall–Kier alpha value is -1.58. The van der Waals surface area contributed by atoms with Crippen LogP contribution in [0.15, 0.2) is 5.16 Å². The molecule has 0 aromatic rings. The van der Waals surface area contributed by atoms with Gasteiger partial charge in [0.15, 0.2) is 12.6 Å². The first-order chi connectivity index (χ1) is 27.0. The summed E-state index contributed by atoms with van der Waals surface area (Å²) in [6, 6.07) is -0.328. The van der Waals surface area contributed by atoms with Gasteiger partial charge >= 0.3 is 5.97 Å². The van der Waals surface area contributed by atoms with E-state index in [9.17, 15) is 30.3 Å². The van der Waals surface area contributed by atoms with Crippen LogP contribution in [0.5, 0.6) is 0 Å². The Kier molecular flexibility index (Phi) is 18.8. The van der Waals surface area contributed by atoms with Gasteiger partial charge in [-0.3, -0.25) is 4.79 Å². The van der Waals surface area contributed by atoms with E-state index in [1.807, 2.05) is 32.8 Å². The van der Waals surface area contributed by atoms with Gasteiger partial charge in [-0.05, 0) is 74.9 Å². The van der Waals surface area contributed by atoms with E-state index < -0.39 is 102 Å². The number of nitrogens with zero attached hydrogens (tertiary/aromatic N) is 2. The van der Waals surface area contributed by atoms with Crippen LogP contribution in [0.3, 0.4) is 0 Å². The summed E-state index contributed by atoms with van der Waals surface area (Å²) in [6.45, 7) is 17.3. The van der Waals surface area contributed by atoms with Crippen LogP contribution >= 0.6 is 0 Å². The molecular weight excluding hydrogens is 760 g/mol. The molecule has 0 aliphatic carbocycles. The van der Waals surface area contributed by atoms with Gasteiger partial charge in [-0.15, -0.1) is 0 Å². The third-order valence-electron chi connectivity index (χ3n) is 12.6. The van der Waals surface area contributed by atoms with Gasteiger partial charge in [-0.1, -0.05) is 32.9 Å². The molecule has 0 saturated carbocycles. The maximum atomic E-state index is 14.3. The van der Waals surface area contributed by atoms with Crippen molar-refractivity contribution in [1.29, 1.82) is 0 Å². The first-order valence-electron chi connectivity index (χ1n) is 20.8. The number of hydrogen-bond donors (Lipinski definition) is 5. The Morgan fingerprint density at radius 1 is 0.897 bits per heavy atom. The van der Waals surface area contributed by atoms with Crippen LogP contribution < -0.4 is 0 Å². The Labute approximate surface area is 345 Å². The average Bonchev–Trinajstić information content (AvgIpc) is 3.15. The second kappa shape index (κ2) is 21.5. The normalized spacial score (nSPS) is 45.8. The fraction of sp³-hybridized carbons (Fsp3) is 0.951. The highest BCUT2D eigenvalue weighted by molar-refractivity contribution is 5.88. The highest BCUT2D eigenvalue weighted by atomic mass is 16.7. The molecule has 17 heteroatoms. The van der Waals surface area contributed by atoms with E-state index in [-0.39, 0.29) is 44.8 Å². The molecular formula is C41H76N2O15. The lowest BCUT2D eigenvalue weighted by Gasteiger charge is -2.49. The molecule has 340 valence electrons. The lowest BCUT2D eigenvalue weighted by Crippen LogP contribution is -2.61. The van der Waals surface area contributed by atoms with Crippen LogP contribution in [0.4, 0.5) is 0 Å². The Morgan fingerprint density at radius 2 is 1.55 bits per heavy atom. The maximum absolute atomic E-state index is 14.3. The predicted molar refractivity (Wildman–Crippen MR) is 212 cm³/mol. The lowest BCUT2D eigenvalue weighted by molar-refractivity contribution is -0.317. The number of aliphatic hydroxyl groups excluding tert-OH is 3. The van der Waals surface area contributed by atoms with Crippen molar-refractivity contribution in [3.05, 3.63) is 0 Å². The summed E-state index contributed by atoms with van der Waals surface area (Å²) in [5.74, 6) is -4.14. The molecule has 3 rings (SSSR count). The van der Waals surface area contributed by atoms with Gasteiger partial charge in [-0.2, -0.15) is 0 Å². The number of rotatable bonds is 13. The number of esters is 1. The van der Waals surface area contributed by atoms with Crippen molar-refractivity contribution in [1.82, 2.24) is 4.90 Å². The van der Waals surface area contributed by atoms with Crippen molar-refractivity contribution in [2.24, 2.45) is 28.8 Å². The van der Waals surface area contributed by atoms with Gasteiger partial charge in [0.1, 0.15) is 23.9 Å². The molecule has 0 bridgehead atoms. The molecule has 58 heavy (non-hydrogen) atoms. The van der Waals surface area contributed by atoms with Crippen LogP contribution in [0, 0.1) is 23.7 Å². The van der Waals surface area contributed by atoms with Crippen LogP contribution in [0.1, 0.15) is 94.9 Å². The van der Waals surface area contributed by atoms with E-state index in [1.165, 1.54) is 14.0 Å². The molecule has 3 aliphatic rings. The molecule has 3 heterocycles. The standard InChI is InChI=1S/C41H76N2O15/c1-15-29-41(10,49)34(45)24(4)31(42-53-21-52-17-16-50-13)22(2)19-39(8,48)36(58-38-32(44)28(43(11)12)18-23(3)54-38)25(5)33(26(6)37(47)56-29)57-30-20-40(9,51-14)35(46)27(7)55-30/h22-30,32-36,38,44-46,48-49H,15-21H2,1-14H3/b42-31+/t22-,23-,24-,25+,26-,27+,28+,29?,30+,32-,33?,34-,35+,36-,38+,39-,40-,41-/m1/s1. The van der Waals surface area contributed by atoms with E-state index in [1.54, 1.807) is 55.6 Å². The van der Waals surface area contributed by atoms with Crippen molar-refractivity contribution < 1.29 is 73.1 Å². The Balaban J connectivity index is 2.22. The summed E-state index contributed by atoms with van der Waals surface area (Å²) in [5, 5.41) is 63.6. The van der Waals surface area contributed by atoms with Gasteiger partial charge in [-0.25, -0.2) is 0 Å². The van der Waals surface area contributed by atoms with Gasteiger partial charge in [0.25, 0.3) is 0 Å². The molecule has 0 amide bonds. The SMILES string of the molecule is CCC1OC(=O)[C@H](C)C(O[C@H]2C[C@@](C)(OC)[C@@H](O)[C@H](C)O2)[C@H](C)[C@@H](O[C@@H]2O[C@H](C)C[C@H](N(C)C)[C@H]2O)[C@](C)(O)C[C@@H](C)/C(=N\OCOCCOC)[C@@H](C)[C@@H](O)[C@]1(C)O. The zero-order valence-corrected chi connectivity index (χ0v) is 37.3. The maximum Gasteiger partial charge on any atom is 0.311 e. The summed E-state index contributed by atoms with van der Waals surface area (Å²) in [4.78, 5) is 21.8. The molecule has 2 unspecified atom stereocenters. The molecule has 3 aliphatic heterocycles. The summed E-state index contributed by atoms with van der Waals surface area (Å²) in [6.07, 6.45) is -9.49. The van der Waals surface area contributed by atoms with Gasteiger partial charge in [0.05, 0.1) is 66.6 Å². The van der Waals surface area contributed by atoms with E-state index in [0.717, 1.165) is 0 Å². The van der Waals surface area contributed by atoms with Crippen molar-refractivity contribution >= 4 is 11.7 Å². The minimum absolute atomic E-state index is 0.0307. The van der Waals surface area contributed by atoms with Crippen molar-refractivity contribution in [2.45, 2.75) is 179 Å². The smallest absolute Gasteiger partial charge is 0.311 e. The van der Waals surface area contributed by atoms with Crippen LogP contribution in [0.2, 0.25) is 0 Å². The minimum atomic E-state index is -1.97. The van der Waals surface area contributed by atoms with Crippen LogP contribution in [0.25, 0.3) is 0 Å².